The molecule has 0 aliphatic heterocycles. The van der Waals surface area contributed by atoms with Crippen LogP contribution in [0, 0.1) is 0 Å². The number of aliphatic carboxylic acids is 1. The lowest BCUT2D eigenvalue weighted by Crippen LogP contribution is -2.08. The highest BCUT2D eigenvalue weighted by Gasteiger charge is 2.06. The quantitative estimate of drug-likeness (QED) is 0.823. The minimum atomic E-state index is -0.805. The third-order valence-electron chi connectivity index (χ3n) is 2.84. The molecule has 0 saturated heterocycles. The molecule has 0 fully saturated rings. The van der Waals surface area contributed by atoms with Gasteiger partial charge in [0.2, 0.25) is 0 Å². The zero-order valence-electron chi connectivity index (χ0n) is 9.89. The summed E-state index contributed by atoms with van der Waals surface area (Å²) < 4.78 is 5.39. The van der Waals surface area contributed by atoms with Gasteiger partial charge in [0.15, 0.2) is 5.43 Å². The predicted molar refractivity (Wildman–Crippen MR) is 67.7 cm³/mol. The van der Waals surface area contributed by atoms with Crippen molar-refractivity contribution in [2.24, 2.45) is 0 Å². The second-order valence-electron chi connectivity index (χ2n) is 4.19. The van der Waals surface area contributed by atoms with Crippen molar-refractivity contribution in [2.75, 3.05) is 0 Å². The van der Waals surface area contributed by atoms with E-state index in [1.807, 2.05) is 6.07 Å². The molecule has 1 N–H and O–H groups in total. The van der Waals surface area contributed by atoms with E-state index >= 15 is 0 Å². The van der Waals surface area contributed by atoms with E-state index in [0.29, 0.717) is 35.8 Å². The van der Waals surface area contributed by atoms with E-state index in [2.05, 4.69) is 0 Å². The zero-order valence-corrected chi connectivity index (χ0v) is 9.89. The number of fused-ring (bicyclic) bond motifs is 1. The number of rotatable bonds is 5. The van der Waals surface area contributed by atoms with E-state index < -0.39 is 5.97 Å². The first-order valence-corrected chi connectivity index (χ1v) is 5.89. The second-order valence-corrected chi connectivity index (χ2v) is 4.19. The number of carbonyl (C=O) groups is 1. The lowest BCUT2D eigenvalue weighted by atomic mass is 10.1. The molecule has 4 nitrogen and oxygen atoms in total. The van der Waals surface area contributed by atoms with Crippen LogP contribution in [0.1, 0.15) is 24.8 Å². The van der Waals surface area contributed by atoms with Crippen molar-refractivity contribution in [3.63, 3.8) is 0 Å². The van der Waals surface area contributed by atoms with Crippen LogP contribution in [0.2, 0.25) is 0 Å². The van der Waals surface area contributed by atoms with Crippen molar-refractivity contribution in [3.8, 4) is 0 Å². The van der Waals surface area contributed by atoms with Crippen LogP contribution in [-0.2, 0) is 11.2 Å². The average Bonchev–Trinajstić information content (AvgIpc) is 2.37. The zero-order chi connectivity index (χ0) is 13.0. The standard InChI is InChI=1S/C14H14O4/c15-13(16)8-4-1-5-10-9-18-12-7-3-2-6-11(12)14(10)17/h2-3,6-7,9H,1,4-5,8H2,(H,15,16). The highest BCUT2D eigenvalue weighted by molar-refractivity contribution is 5.76. The summed E-state index contributed by atoms with van der Waals surface area (Å²) in [5, 5.41) is 9.10. The normalized spacial score (nSPS) is 10.7. The molecule has 0 unspecified atom stereocenters. The Morgan fingerprint density at radius 1 is 1.22 bits per heavy atom. The third-order valence-corrected chi connectivity index (χ3v) is 2.84. The maximum atomic E-state index is 12.1. The molecule has 0 spiro atoms. The first-order valence-electron chi connectivity index (χ1n) is 5.89. The van der Waals surface area contributed by atoms with E-state index in [1.54, 1.807) is 18.2 Å². The Kier molecular flexibility index (Phi) is 3.77. The van der Waals surface area contributed by atoms with Crippen LogP contribution >= 0.6 is 0 Å². The van der Waals surface area contributed by atoms with Crippen LogP contribution < -0.4 is 5.43 Å². The minimum absolute atomic E-state index is 0.0211. The number of carboxylic acids is 1. The summed E-state index contributed by atoms with van der Waals surface area (Å²) >= 11 is 0. The first kappa shape index (κ1) is 12.4. The van der Waals surface area contributed by atoms with Gasteiger partial charge < -0.3 is 9.52 Å². The number of aryl methyl sites for hydroxylation is 1. The second kappa shape index (κ2) is 5.49. The van der Waals surface area contributed by atoms with Crippen molar-refractivity contribution >= 4 is 16.9 Å². The molecule has 2 aromatic rings. The van der Waals surface area contributed by atoms with Crippen molar-refractivity contribution in [2.45, 2.75) is 25.7 Å². The monoisotopic (exact) mass is 246 g/mol. The molecule has 1 aromatic heterocycles. The summed E-state index contributed by atoms with van der Waals surface area (Å²) in [4.78, 5) is 22.5. The first-order chi connectivity index (χ1) is 8.68. The largest absolute Gasteiger partial charge is 0.481 e. The van der Waals surface area contributed by atoms with Gasteiger partial charge in [-0.05, 0) is 31.4 Å². The molecule has 0 atom stereocenters. The van der Waals surface area contributed by atoms with Crippen LogP contribution in [0.25, 0.3) is 11.0 Å². The Bertz CT molecular complexity index is 612. The molecule has 0 amide bonds. The summed E-state index contributed by atoms with van der Waals surface area (Å²) in [6.07, 6.45) is 3.42. The topological polar surface area (TPSA) is 67.5 Å². The van der Waals surface area contributed by atoms with E-state index in [1.165, 1.54) is 6.26 Å². The minimum Gasteiger partial charge on any atom is -0.481 e. The molecule has 18 heavy (non-hydrogen) atoms. The molecule has 0 saturated carbocycles. The SMILES string of the molecule is O=C(O)CCCCc1coc2ccccc2c1=O. The fraction of sp³-hybridized carbons (Fsp3) is 0.286. The molecule has 1 aromatic carbocycles. The van der Waals surface area contributed by atoms with Gasteiger partial charge in [0.1, 0.15) is 5.58 Å². The number of para-hydroxylation sites is 1. The van der Waals surface area contributed by atoms with E-state index in [4.69, 9.17) is 9.52 Å². The molecule has 1 heterocycles. The fourth-order valence-corrected chi connectivity index (χ4v) is 1.88. The van der Waals surface area contributed by atoms with Gasteiger partial charge >= 0.3 is 5.97 Å². The molecular formula is C14H14O4. The molecular weight excluding hydrogens is 232 g/mol. The lowest BCUT2D eigenvalue weighted by Gasteiger charge is -2.01. The third kappa shape index (κ3) is 2.77. The Morgan fingerprint density at radius 2 is 2.00 bits per heavy atom. The van der Waals surface area contributed by atoms with Gasteiger partial charge in [-0.25, -0.2) is 0 Å². The molecule has 0 aliphatic carbocycles. The Balaban J connectivity index is 2.12. The van der Waals surface area contributed by atoms with Crippen molar-refractivity contribution in [1.82, 2.24) is 0 Å². The maximum Gasteiger partial charge on any atom is 0.303 e. The van der Waals surface area contributed by atoms with Crippen LogP contribution in [0.4, 0.5) is 0 Å². The molecule has 0 aliphatic rings. The van der Waals surface area contributed by atoms with Crippen molar-refractivity contribution in [1.29, 1.82) is 0 Å². The predicted octanol–water partition coefficient (Wildman–Crippen LogP) is 2.59. The Morgan fingerprint density at radius 3 is 2.78 bits per heavy atom. The van der Waals surface area contributed by atoms with E-state index in [0.717, 1.165) is 0 Å². The van der Waals surface area contributed by atoms with Crippen molar-refractivity contribution in [3.05, 3.63) is 46.3 Å². The summed E-state index contributed by atoms with van der Waals surface area (Å²) in [6, 6.07) is 7.11. The number of benzene rings is 1. The highest BCUT2D eigenvalue weighted by Crippen LogP contribution is 2.12. The van der Waals surface area contributed by atoms with Crippen LogP contribution in [0.15, 0.2) is 39.7 Å². The van der Waals surface area contributed by atoms with Gasteiger partial charge in [0.25, 0.3) is 0 Å². The Labute approximate surface area is 104 Å². The average molecular weight is 246 g/mol. The number of carboxylic acid groups (broad SMARTS) is 1. The van der Waals surface area contributed by atoms with Crippen LogP contribution in [0.3, 0.4) is 0 Å². The van der Waals surface area contributed by atoms with Gasteiger partial charge in [-0.1, -0.05) is 12.1 Å². The smallest absolute Gasteiger partial charge is 0.303 e. The molecule has 0 bridgehead atoms. The molecule has 2 rings (SSSR count). The fourth-order valence-electron chi connectivity index (χ4n) is 1.88. The summed E-state index contributed by atoms with van der Waals surface area (Å²) in [5.74, 6) is -0.805. The molecule has 4 heteroatoms. The number of hydrogen-bond donors (Lipinski definition) is 1. The lowest BCUT2D eigenvalue weighted by molar-refractivity contribution is -0.137. The van der Waals surface area contributed by atoms with Gasteiger partial charge in [-0.3, -0.25) is 9.59 Å². The molecule has 94 valence electrons. The van der Waals surface area contributed by atoms with Crippen LogP contribution in [-0.4, -0.2) is 11.1 Å². The Hall–Kier alpha value is -2.10. The summed E-state index contributed by atoms with van der Waals surface area (Å²) in [5.41, 5.74) is 1.17. The summed E-state index contributed by atoms with van der Waals surface area (Å²) in [6.45, 7) is 0. The number of hydrogen-bond acceptors (Lipinski definition) is 3. The molecule has 0 radical (unpaired) electrons. The summed E-state index contributed by atoms with van der Waals surface area (Å²) in [7, 11) is 0. The van der Waals surface area contributed by atoms with E-state index in [9.17, 15) is 9.59 Å². The van der Waals surface area contributed by atoms with Gasteiger partial charge in [-0.2, -0.15) is 0 Å². The highest BCUT2D eigenvalue weighted by atomic mass is 16.4. The maximum absolute atomic E-state index is 12.1. The number of unbranched alkanes of at least 4 members (excludes halogenated alkanes) is 1. The van der Waals surface area contributed by atoms with Crippen molar-refractivity contribution < 1.29 is 14.3 Å². The van der Waals surface area contributed by atoms with E-state index in [-0.39, 0.29) is 11.8 Å². The van der Waals surface area contributed by atoms with Gasteiger partial charge in [0, 0.05) is 12.0 Å². The van der Waals surface area contributed by atoms with Crippen LogP contribution in [0.5, 0.6) is 0 Å². The van der Waals surface area contributed by atoms with Gasteiger partial charge in [0.05, 0.1) is 11.6 Å². The van der Waals surface area contributed by atoms with Gasteiger partial charge in [-0.15, -0.1) is 0 Å².